The molecule has 0 bridgehead atoms. The zero-order valence-electron chi connectivity index (χ0n) is 29.5. The molecule has 5 aromatic carbocycles. The largest absolute Gasteiger partial charge is 0.333 e. The van der Waals surface area contributed by atoms with E-state index in [1.807, 2.05) is 6.07 Å². The van der Waals surface area contributed by atoms with Gasteiger partial charge in [0.1, 0.15) is 11.7 Å². The number of benzene rings is 5. The number of anilines is 2. The predicted molar refractivity (Wildman–Crippen MR) is 215 cm³/mol. The summed E-state index contributed by atoms with van der Waals surface area (Å²) in [6.07, 6.45) is 15.4. The van der Waals surface area contributed by atoms with Crippen LogP contribution >= 0.6 is 0 Å². The van der Waals surface area contributed by atoms with Gasteiger partial charge >= 0.3 is 0 Å². The lowest BCUT2D eigenvalue weighted by molar-refractivity contribution is 0.660. The summed E-state index contributed by atoms with van der Waals surface area (Å²) >= 11 is 0. The number of nitrogens with zero attached hydrogens (tertiary/aromatic N) is 3. The smallest absolute Gasteiger partial charge is 0.169 e. The van der Waals surface area contributed by atoms with Crippen molar-refractivity contribution in [3.05, 3.63) is 197 Å². The molecule has 4 nitrogen and oxygen atoms in total. The Labute approximate surface area is 306 Å². The van der Waals surface area contributed by atoms with Gasteiger partial charge in [-0.2, -0.15) is 0 Å². The molecule has 0 saturated carbocycles. The lowest BCUT2D eigenvalue weighted by atomic mass is 9.80. The highest BCUT2D eigenvalue weighted by Gasteiger charge is 2.45. The lowest BCUT2D eigenvalue weighted by Crippen LogP contribution is -2.36. The first-order valence-electron chi connectivity index (χ1n) is 18.5. The molecule has 0 fully saturated rings. The molecule has 3 aliphatic carbocycles. The first-order valence-corrected chi connectivity index (χ1v) is 18.5. The molecule has 0 aromatic heterocycles. The molecule has 5 aromatic rings. The van der Waals surface area contributed by atoms with Crippen LogP contribution < -0.4 is 10.2 Å². The number of fused-ring (bicyclic) bond motifs is 7. The second-order valence-electron chi connectivity index (χ2n) is 14.9. The fourth-order valence-electron chi connectivity index (χ4n) is 8.96. The average molecular weight is 673 g/mol. The van der Waals surface area contributed by atoms with E-state index >= 15 is 0 Å². The maximum atomic E-state index is 5.26. The van der Waals surface area contributed by atoms with E-state index in [2.05, 4.69) is 176 Å². The summed E-state index contributed by atoms with van der Waals surface area (Å²) in [4.78, 5) is 13.1. The Morgan fingerprint density at radius 2 is 1.52 bits per heavy atom. The fourth-order valence-corrected chi connectivity index (χ4v) is 8.96. The van der Waals surface area contributed by atoms with E-state index < -0.39 is 0 Å². The van der Waals surface area contributed by atoms with Crippen LogP contribution in [0.15, 0.2) is 173 Å². The van der Waals surface area contributed by atoms with E-state index in [0.717, 1.165) is 41.3 Å². The van der Waals surface area contributed by atoms with Crippen molar-refractivity contribution in [2.45, 2.75) is 50.2 Å². The van der Waals surface area contributed by atoms with E-state index in [0.29, 0.717) is 0 Å². The quantitative estimate of drug-likeness (QED) is 0.202. The van der Waals surface area contributed by atoms with Gasteiger partial charge in [0.2, 0.25) is 0 Å². The van der Waals surface area contributed by atoms with Gasteiger partial charge in [0.05, 0.1) is 6.04 Å². The molecule has 5 aliphatic rings. The second-order valence-corrected chi connectivity index (χ2v) is 14.9. The number of rotatable bonds is 5. The highest BCUT2D eigenvalue weighted by Crippen LogP contribution is 2.59. The lowest BCUT2D eigenvalue weighted by Gasteiger charge is -2.31. The maximum absolute atomic E-state index is 5.26. The molecule has 252 valence electrons. The molecule has 3 unspecified atom stereocenters. The SMILES string of the molecule is CC1(C)c2ccccc2-c2c1ccc1c2C2C=CC(c3ccccc3)=CC2N1c1cccc(C2N=C(C3=CC=CCC3)NC(c3ccccc3)=N2)c1. The summed E-state index contributed by atoms with van der Waals surface area (Å²) in [5.41, 5.74) is 15.2. The monoisotopic (exact) mass is 672 g/mol. The van der Waals surface area contributed by atoms with Gasteiger partial charge in [-0.1, -0.05) is 153 Å². The normalized spacial score (nSPS) is 21.9. The van der Waals surface area contributed by atoms with Crippen LogP contribution in [0, 0.1) is 0 Å². The number of nitrogens with one attached hydrogen (secondary N) is 1. The third-order valence-electron chi connectivity index (χ3n) is 11.5. The van der Waals surface area contributed by atoms with Crippen LogP contribution in [0.2, 0.25) is 0 Å². The summed E-state index contributed by atoms with van der Waals surface area (Å²) in [5, 5.41) is 3.59. The van der Waals surface area contributed by atoms with E-state index in [4.69, 9.17) is 9.98 Å². The van der Waals surface area contributed by atoms with Crippen molar-refractivity contribution in [2.24, 2.45) is 9.98 Å². The van der Waals surface area contributed by atoms with Crippen molar-refractivity contribution in [2.75, 3.05) is 4.90 Å². The molecule has 0 amide bonds. The zero-order valence-corrected chi connectivity index (χ0v) is 29.5. The van der Waals surface area contributed by atoms with Gasteiger partial charge in [0, 0.05) is 33.8 Å². The molecule has 0 saturated heterocycles. The molecule has 2 heterocycles. The van der Waals surface area contributed by atoms with Crippen LogP contribution in [-0.4, -0.2) is 17.7 Å². The van der Waals surface area contributed by atoms with Crippen LogP contribution in [0.1, 0.15) is 72.2 Å². The molecule has 3 atom stereocenters. The van der Waals surface area contributed by atoms with Crippen LogP contribution in [-0.2, 0) is 5.41 Å². The van der Waals surface area contributed by atoms with Gasteiger partial charge in [0.15, 0.2) is 6.17 Å². The summed E-state index contributed by atoms with van der Waals surface area (Å²) < 4.78 is 0. The van der Waals surface area contributed by atoms with E-state index in [1.54, 1.807) is 0 Å². The molecule has 0 radical (unpaired) electrons. The first-order chi connectivity index (χ1) is 25.5. The van der Waals surface area contributed by atoms with Crippen LogP contribution in [0.4, 0.5) is 11.4 Å². The molecule has 2 aliphatic heterocycles. The Bertz CT molecular complexity index is 2430. The topological polar surface area (TPSA) is 40.0 Å². The molecule has 0 spiro atoms. The van der Waals surface area contributed by atoms with Crippen molar-refractivity contribution >= 4 is 28.6 Å². The highest BCUT2D eigenvalue weighted by molar-refractivity contribution is 6.15. The molecule has 10 rings (SSSR count). The zero-order chi connectivity index (χ0) is 34.8. The molecule has 4 heteroatoms. The van der Waals surface area contributed by atoms with Gasteiger partial charge in [-0.3, -0.25) is 0 Å². The van der Waals surface area contributed by atoms with Gasteiger partial charge in [0.25, 0.3) is 0 Å². The molecule has 52 heavy (non-hydrogen) atoms. The van der Waals surface area contributed by atoms with Crippen LogP contribution in [0.3, 0.4) is 0 Å². The third-order valence-corrected chi connectivity index (χ3v) is 11.5. The summed E-state index contributed by atoms with van der Waals surface area (Å²) in [6, 6.07) is 44.0. The second kappa shape index (κ2) is 12.1. The minimum Gasteiger partial charge on any atom is -0.333 e. The van der Waals surface area contributed by atoms with Crippen molar-refractivity contribution in [3.8, 4) is 11.1 Å². The van der Waals surface area contributed by atoms with Gasteiger partial charge in [-0.25, -0.2) is 9.98 Å². The Hall–Kier alpha value is -6.00. The standard InChI is InChI=1S/C48H40N4/c1-48(2)39-24-13-12-23-37(39)43-40(48)27-28-41-44(43)38-26-25-34(31-15-6-3-7-16-31)30-42(38)52(41)36-22-14-21-35(29-36)47-50-45(32-17-8-4-9-18-32)49-46(51-47)33-19-10-5-11-20-33/h3-10,12-19,21-30,38,42,47H,11,20H2,1-2H3,(H,49,50,51). The minimum absolute atomic E-state index is 0.0596. The van der Waals surface area contributed by atoms with Gasteiger partial charge < -0.3 is 10.2 Å². The van der Waals surface area contributed by atoms with Crippen LogP contribution in [0.25, 0.3) is 16.7 Å². The maximum Gasteiger partial charge on any atom is 0.169 e. The molecular weight excluding hydrogens is 633 g/mol. The Kier molecular flexibility index (Phi) is 7.14. The highest BCUT2D eigenvalue weighted by atomic mass is 15.2. The number of allylic oxidation sites excluding steroid dienone is 5. The Morgan fingerprint density at radius 3 is 2.33 bits per heavy atom. The molecular formula is C48H40N4. The first kappa shape index (κ1) is 30.8. The summed E-state index contributed by atoms with van der Waals surface area (Å²) in [7, 11) is 0. The summed E-state index contributed by atoms with van der Waals surface area (Å²) in [6.45, 7) is 4.75. The number of hydrogen-bond donors (Lipinski definition) is 1. The Balaban J connectivity index is 1.13. The number of amidine groups is 2. The van der Waals surface area contributed by atoms with Crippen LogP contribution in [0.5, 0.6) is 0 Å². The predicted octanol–water partition coefficient (Wildman–Crippen LogP) is 11.0. The summed E-state index contributed by atoms with van der Waals surface area (Å²) in [5.74, 6) is 1.97. The van der Waals surface area contributed by atoms with E-state index in [9.17, 15) is 0 Å². The Morgan fingerprint density at radius 1 is 0.750 bits per heavy atom. The van der Waals surface area contributed by atoms with Crippen molar-refractivity contribution in [1.29, 1.82) is 0 Å². The third kappa shape index (κ3) is 4.89. The van der Waals surface area contributed by atoms with Crippen molar-refractivity contribution in [1.82, 2.24) is 5.32 Å². The van der Waals surface area contributed by atoms with Gasteiger partial charge in [-0.15, -0.1) is 0 Å². The van der Waals surface area contributed by atoms with Crippen molar-refractivity contribution in [3.63, 3.8) is 0 Å². The van der Waals surface area contributed by atoms with Gasteiger partial charge in [-0.05, 0) is 75.6 Å². The van der Waals surface area contributed by atoms with E-state index in [1.165, 1.54) is 50.2 Å². The number of aliphatic imine (C=N–C) groups is 2. The number of hydrogen-bond acceptors (Lipinski definition) is 4. The van der Waals surface area contributed by atoms with E-state index in [-0.39, 0.29) is 23.5 Å². The van der Waals surface area contributed by atoms with Crippen molar-refractivity contribution < 1.29 is 0 Å². The molecule has 1 N–H and O–H groups in total. The minimum atomic E-state index is -0.370. The fraction of sp³-hybridized carbons (Fsp3) is 0.167. The average Bonchev–Trinajstić information content (AvgIpc) is 3.66.